The molecule has 0 atom stereocenters. The maximum atomic E-state index is 15.1. The summed E-state index contributed by atoms with van der Waals surface area (Å²) in [6, 6.07) is 12.2. The van der Waals surface area contributed by atoms with Crippen molar-refractivity contribution in [3.05, 3.63) is 77.6 Å². The van der Waals surface area contributed by atoms with Gasteiger partial charge in [0.2, 0.25) is 5.95 Å². The van der Waals surface area contributed by atoms with E-state index in [9.17, 15) is 4.79 Å². The molecule has 9 nitrogen and oxygen atoms in total. The van der Waals surface area contributed by atoms with Gasteiger partial charge in [0.25, 0.3) is 5.91 Å². The van der Waals surface area contributed by atoms with Crippen LogP contribution in [0.1, 0.15) is 15.9 Å². The quantitative estimate of drug-likeness (QED) is 0.395. The van der Waals surface area contributed by atoms with E-state index >= 15 is 8.78 Å². The molecule has 0 aliphatic carbocycles. The van der Waals surface area contributed by atoms with E-state index in [0.717, 1.165) is 50.5 Å². The van der Waals surface area contributed by atoms with Crippen molar-refractivity contribution in [2.45, 2.75) is 6.54 Å². The van der Waals surface area contributed by atoms with Crippen molar-refractivity contribution < 1.29 is 18.3 Å². The Hall–Kier alpha value is -3.93. The van der Waals surface area contributed by atoms with Crippen LogP contribution in [-0.2, 0) is 11.3 Å². The molecule has 208 valence electrons. The molecule has 1 amide bonds. The summed E-state index contributed by atoms with van der Waals surface area (Å²) >= 11 is 0. The third-order valence-corrected chi connectivity index (χ3v) is 7.43. The fourth-order valence-electron chi connectivity index (χ4n) is 5.16. The topological polar surface area (TPSA) is 78.8 Å². The minimum atomic E-state index is -0.919. The molecule has 4 aromatic rings. The number of anilines is 2. The molecule has 2 aromatic carbocycles. The van der Waals surface area contributed by atoms with E-state index in [-0.39, 0.29) is 5.69 Å². The van der Waals surface area contributed by atoms with Gasteiger partial charge in [-0.15, -0.1) is 0 Å². The van der Waals surface area contributed by atoms with E-state index in [0.29, 0.717) is 43.3 Å². The van der Waals surface area contributed by atoms with Crippen LogP contribution in [-0.4, -0.2) is 94.7 Å². The highest BCUT2D eigenvalue weighted by Gasteiger charge is 2.26. The summed E-state index contributed by atoms with van der Waals surface area (Å²) < 4.78 is 37.1. The van der Waals surface area contributed by atoms with Crippen LogP contribution >= 0.6 is 0 Å². The number of aromatic nitrogens is 3. The summed E-state index contributed by atoms with van der Waals surface area (Å²) in [5.41, 5.74) is 2.19. The summed E-state index contributed by atoms with van der Waals surface area (Å²) in [5, 5.41) is 3.97. The number of hydrogen-bond donors (Lipinski definition) is 1. The number of fused-ring (bicyclic) bond motifs is 1. The van der Waals surface area contributed by atoms with Crippen molar-refractivity contribution in [2.24, 2.45) is 0 Å². The Morgan fingerprint density at radius 2 is 1.75 bits per heavy atom. The highest BCUT2D eigenvalue weighted by atomic mass is 19.1. The second-order valence-electron chi connectivity index (χ2n) is 10.3. The van der Waals surface area contributed by atoms with Crippen LogP contribution < -0.4 is 5.32 Å². The van der Waals surface area contributed by atoms with Crippen LogP contribution in [0.25, 0.3) is 16.7 Å². The number of nitrogens with one attached hydrogen (secondary N) is 1. The SMILES string of the molecule is CN1CCN(Cc2cccc(Nc3ncc4ccn(-c5cc(F)c(C(=O)N6CCOCC6)c(F)c5)c4n3)c2)CC1. The van der Waals surface area contributed by atoms with Crippen molar-refractivity contribution in [1.29, 1.82) is 0 Å². The lowest BCUT2D eigenvalue weighted by Crippen LogP contribution is -2.43. The van der Waals surface area contributed by atoms with Crippen molar-refractivity contribution in [1.82, 2.24) is 29.2 Å². The zero-order valence-electron chi connectivity index (χ0n) is 22.3. The standard InChI is InChI=1S/C29H31F2N7O2/c1-35-7-9-36(10-8-35)19-20-3-2-4-22(15-20)33-29-32-18-21-5-6-38(27(21)34-29)23-16-24(30)26(25(31)17-23)28(39)37-11-13-40-14-12-37/h2-6,15-18H,7-14,19H2,1H3,(H,32,33,34). The van der Waals surface area contributed by atoms with E-state index in [2.05, 4.69) is 44.3 Å². The zero-order chi connectivity index (χ0) is 27.6. The molecule has 0 spiro atoms. The van der Waals surface area contributed by atoms with Gasteiger partial charge in [-0.05, 0) is 42.9 Å². The first-order chi connectivity index (χ1) is 19.4. The van der Waals surface area contributed by atoms with E-state index in [4.69, 9.17) is 4.74 Å². The van der Waals surface area contributed by atoms with Crippen molar-refractivity contribution in [2.75, 3.05) is 64.8 Å². The number of morpholine rings is 1. The van der Waals surface area contributed by atoms with Crippen LogP contribution in [0.2, 0.25) is 0 Å². The molecule has 2 aromatic heterocycles. The number of nitrogens with zero attached hydrogens (tertiary/aromatic N) is 6. The van der Waals surface area contributed by atoms with Gasteiger partial charge in [0, 0.05) is 69.3 Å². The molecule has 2 aliphatic rings. The lowest BCUT2D eigenvalue weighted by atomic mass is 10.1. The summed E-state index contributed by atoms with van der Waals surface area (Å²) in [6.45, 7) is 6.35. The van der Waals surface area contributed by atoms with E-state index in [1.165, 1.54) is 10.5 Å². The number of carbonyl (C=O) groups excluding carboxylic acids is 1. The second kappa shape index (κ2) is 11.3. The van der Waals surface area contributed by atoms with Crippen LogP contribution in [0.4, 0.5) is 20.4 Å². The minimum Gasteiger partial charge on any atom is -0.378 e. The van der Waals surface area contributed by atoms with Gasteiger partial charge >= 0.3 is 0 Å². The Labute approximate surface area is 231 Å². The number of piperazine rings is 1. The van der Waals surface area contributed by atoms with Gasteiger partial charge in [-0.25, -0.2) is 13.8 Å². The minimum absolute atomic E-state index is 0.224. The van der Waals surface area contributed by atoms with Gasteiger partial charge in [-0.1, -0.05) is 12.1 Å². The molecule has 4 heterocycles. The molecule has 1 N–H and O–H groups in total. The first kappa shape index (κ1) is 26.3. The van der Waals surface area contributed by atoms with Gasteiger partial charge in [-0.2, -0.15) is 4.98 Å². The van der Waals surface area contributed by atoms with E-state index < -0.39 is 23.1 Å². The highest BCUT2D eigenvalue weighted by molar-refractivity contribution is 5.95. The molecule has 6 rings (SSSR count). The molecule has 0 saturated carbocycles. The third kappa shape index (κ3) is 5.53. The van der Waals surface area contributed by atoms with Crippen molar-refractivity contribution in [3.8, 4) is 5.69 Å². The Morgan fingerprint density at radius 3 is 2.50 bits per heavy atom. The molecule has 0 unspecified atom stereocenters. The maximum absolute atomic E-state index is 15.1. The summed E-state index contributed by atoms with van der Waals surface area (Å²) in [7, 11) is 2.14. The summed E-state index contributed by atoms with van der Waals surface area (Å²) in [5.74, 6) is -2.15. The maximum Gasteiger partial charge on any atom is 0.259 e. The number of benzene rings is 2. The monoisotopic (exact) mass is 547 g/mol. The predicted molar refractivity (Wildman–Crippen MR) is 148 cm³/mol. The fraction of sp³-hybridized carbons (Fsp3) is 0.345. The fourth-order valence-corrected chi connectivity index (χ4v) is 5.16. The molecule has 2 fully saturated rings. The van der Waals surface area contributed by atoms with Gasteiger partial charge in [0.05, 0.1) is 18.9 Å². The largest absolute Gasteiger partial charge is 0.378 e. The normalized spacial score (nSPS) is 16.9. The smallest absolute Gasteiger partial charge is 0.259 e. The van der Waals surface area contributed by atoms with E-state index in [1.54, 1.807) is 23.0 Å². The summed E-state index contributed by atoms with van der Waals surface area (Å²) in [4.78, 5) is 28.0. The lowest BCUT2D eigenvalue weighted by molar-refractivity contribution is 0.0296. The molecule has 11 heteroatoms. The first-order valence-corrected chi connectivity index (χ1v) is 13.4. The van der Waals surface area contributed by atoms with Crippen LogP contribution in [0.5, 0.6) is 0 Å². The number of hydrogen-bond acceptors (Lipinski definition) is 7. The van der Waals surface area contributed by atoms with Crippen LogP contribution in [0.3, 0.4) is 0 Å². The molecule has 2 aliphatic heterocycles. The second-order valence-corrected chi connectivity index (χ2v) is 10.3. The van der Waals surface area contributed by atoms with Gasteiger partial charge < -0.3 is 24.4 Å². The molecular weight excluding hydrogens is 516 g/mol. The molecular formula is C29H31F2N7O2. The van der Waals surface area contributed by atoms with Gasteiger partial charge in [0.1, 0.15) is 22.8 Å². The van der Waals surface area contributed by atoms with Crippen LogP contribution in [0.15, 0.2) is 54.9 Å². The van der Waals surface area contributed by atoms with Gasteiger partial charge in [0.15, 0.2) is 0 Å². The molecule has 2 saturated heterocycles. The first-order valence-electron chi connectivity index (χ1n) is 13.4. The Morgan fingerprint density at radius 1 is 1.00 bits per heavy atom. The number of likely N-dealkylation sites (N-methyl/N-ethyl adjacent to an activating group) is 1. The third-order valence-electron chi connectivity index (χ3n) is 7.43. The number of ether oxygens (including phenoxy) is 1. The molecule has 0 radical (unpaired) electrons. The van der Waals surface area contributed by atoms with E-state index in [1.807, 2.05) is 12.1 Å². The van der Waals surface area contributed by atoms with Gasteiger partial charge in [-0.3, -0.25) is 9.69 Å². The Balaban J connectivity index is 1.23. The highest BCUT2D eigenvalue weighted by Crippen LogP contribution is 2.25. The number of halogens is 2. The number of rotatable bonds is 6. The molecule has 40 heavy (non-hydrogen) atoms. The summed E-state index contributed by atoms with van der Waals surface area (Å²) in [6.07, 6.45) is 3.34. The Bertz CT molecular complexity index is 1510. The van der Waals surface area contributed by atoms with Crippen molar-refractivity contribution in [3.63, 3.8) is 0 Å². The predicted octanol–water partition coefficient (Wildman–Crippen LogP) is 3.66. The van der Waals surface area contributed by atoms with Crippen LogP contribution in [0, 0.1) is 11.6 Å². The average Bonchev–Trinajstić information content (AvgIpc) is 3.38. The zero-order valence-corrected chi connectivity index (χ0v) is 22.3. The number of carbonyl (C=O) groups is 1. The van der Waals surface area contributed by atoms with Crippen molar-refractivity contribution >= 4 is 28.6 Å². The molecule has 0 bridgehead atoms. The lowest BCUT2D eigenvalue weighted by Gasteiger charge is -2.32. The number of amides is 1. The Kier molecular flexibility index (Phi) is 7.42. The average molecular weight is 548 g/mol.